The number of rotatable bonds is 5. The van der Waals surface area contributed by atoms with E-state index in [9.17, 15) is 9.59 Å². The Hall–Kier alpha value is -1.88. The van der Waals surface area contributed by atoms with E-state index < -0.39 is 5.97 Å². The number of hydrogen-bond donors (Lipinski definition) is 3. The summed E-state index contributed by atoms with van der Waals surface area (Å²) < 4.78 is 0. The lowest BCUT2D eigenvalue weighted by Crippen LogP contribution is -2.38. The number of nitrogens with two attached hydrogens (primary N) is 1. The van der Waals surface area contributed by atoms with Crippen molar-refractivity contribution < 1.29 is 14.7 Å². The van der Waals surface area contributed by atoms with Gasteiger partial charge in [-0.25, -0.2) is 0 Å². The van der Waals surface area contributed by atoms with E-state index in [0.29, 0.717) is 6.54 Å². The number of carbonyl (C=O) groups excluding carboxylic acids is 1. The number of carboxylic acids is 1. The zero-order valence-electron chi connectivity index (χ0n) is 11.3. The number of amides is 1. The average Bonchev–Trinajstić information content (AvgIpc) is 2.83. The van der Waals surface area contributed by atoms with Crippen LogP contribution in [-0.4, -0.2) is 23.0 Å². The van der Waals surface area contributed by atoms with E-state index in [2.05, 4.69) is 5.32 Å². The smallest absolute Gasteiger partial charge is 0.307 e. The molecule has 0 radical (unpaired) electrons. The van der Waals surface area contributed by atoms with E-state index >= 15 is 0 Å². The van der Waals surface area contributed by atoms with Crippen molar-refractivity contribution in [2.45, 2.75) is 38.3 Å². The lowest BCUT2D eigenvalue weighted by atomic mass is 10.0. The fourth-order valence-corrected chi connectivity index (χ4v) is 2.69. The topological polar surface area (TPSA) is 92.4 Å². The van der Waals surface area contributed by atoms with Crippen LogP contribution in [0.5, 0.6) is 0 Å². The summed E-state index contributed by atoms with van der Waals surface area (Å²) >= 11 is 0. The molecule has 1 amide bonds. The van der Waals surface area contributed by atoms with Gasteiger partial charge in [-0.1, -0.05) is 30.7 Å². The highest BCUT2D eigenvalue weighted by molar-refractivity contribution is 5.79. The van der Waals surface area contributed by atoms with Gasteiger partial charge < -0.3 is 16.2 Å². The quantitative estimate of drug-likeness (QED) is 0.749. The van der Waals surface area contributed by atoms with Crippen molar-refractivity contribution in [1.82, 2.24) is 5.32 Å². The highest BCUT2D eigenvalue weighted by Crippen LogP contribution is 2.24. The van der Waals surface area contributed by atoms with E-state index in [4.69, 9.17) is 10.8 Å². The fraction of sp³-hybridized carbons (Fsp3) is 0.467. The molecule has 0 spiro atoms. The van der Waals surface area contributed by atoms with Crippen LogP contribution in [0.2, 0.25) is 0 Å². The Bertz CT molecular complexity index is 502. The van der Waals surface area contributed by atoms with Gasteiger partial charge in [-0.15, -0.1) is 0 Å². The zero-order chi connectivity index (χ0) is 14.5. The standard InChI is InChI=1S/C15H20N2O3/c16-13-7-3-6-12(13)15(20)17-9-11-5-2-1-4-10(11)8-14(18)19/h1-2,4-5,12-13H,3,6-9,16H2,(H,17,20)(H,18,19). The Morgan fingerprint density at radius 2 is 1.95 bits per heavy atom. The van der Waals surface area contributed by atoms with Crippen LogP contribution in [0.4, 0.5) is 0 Å². The summed E-state index contributed by atoms with van der Waals surface area (Å²) in [6, 6.07) is 7.21. The molecule has 0 heterocycles. The predicted octanol–water partition coefficient (Wildman–Crippen LogP) is 1.06. The Balaban J connectivity index is 1.96. The molecule has 0 aromatic heterocycles. The Labute approximate surface area is 118 Å². The first-order valence-electron chi connectivity index (χ1n) is 6.90. The summed E-state index contributed by atoms with van der Waals surface area (Å²) in [6.07, 6.45) is 2.70. The average molecular weight is 276 g/mol. The van der Waals surface area contributed by atoms with Crippen molar-refractivity contribution >= 4 is 11.9 Å². The molecule has 20 heavy (non-hydrogen) atoms. The van der Waals surface area contributed by atoms with Crippen molar-refractivity contribution in [3.63, 3.8) is 0 Å². The third kappa shape index (κ3) is 3.57. The van der Waals surface area contributed by atoms with Gasteiger partial charge in [0.25, 0.3) is 0 Å². The third-order valence-corrected chi connectivity index (χ3v) is 3.82. The summed E-state index contributed by atoms with van der Waals surface area (Å²) in [5.74, 6) is -1.01. The number of carboxylic acid groups (broad SMARTS) is 1. The summed E-state index contributed by atoms with van der Waals surface area (Å²) in [5, 5.41) is 11.7. The second kappa shape index (κ2) is 6.52. The van der Waals surface area contributed by atoms with Crippen LogP contribution >= 0.6 is 0 Å². The van der Waals surface area contributed by atoms with Crippen LogP contribution in [0.1, 0.15) is 30.4 Å². The molecule has 1 aliphatic rings. The largest absolute Gasteiger partial charge is 0.481 e. The minimum Gasteiger partial charge on any atom is -0.481 e. The van der Waals surface area contributed by atoms with Crippen LogP contribution < -0.4 is 11.1 Å². The molecule has 108 valence electrons. The molecule has 5 nitrogen and oxygen atoms in total. The van der Waals surface area contributed by atoms with E-state index in [1.165, 1.54) is 0 Å². The first kappa shape index (κ1) is 14.5. The molecule has 0 bridgehead atoms. The SMILES string of the molecule is NC1CCCC1C(=O)NCc1ccccc1CC(=O)O. The van der Waals surface area contributed by atoms with Gasteiger partial charge in [-0.05, 0) is 24.0 Å². The number of aliphatic carboxylic acids is 1. The summed E-state index contributed by atoms with van der Waals surface area (Å²) in [7, 11) is 0. The molecule has 2 rings (SSSR count). The van der Waals surface area contributed by atoms with Crippen LogP contribution in [0.25, 0.3) is 0 Å². The maximum Gasteiger partial charge on any atom is 0.307 e. The summed E-state index contributed by atoms with van der Waals surface area (Å²) in [4.78, 5) is 22.9. The maximum absolute atomic E-state index is 12.1. The van der Waals surface area contributed by atoms with Gasteiger partial charge in [0.05, 0.1) is 12.3 Å². The molecular weight excluding hydrogens is 256 g/mol. The number of hydrogen-bond acceptors (Lipinski definition) is 3. The molecule has 2 unspecified atom stereocenters. The van der Waals surface area contributed by atoms with Gasteiger partial charge >= 0.3 is 5.97 Å². The maximum atomic E-state index is 12.1. The molecule has 4 N–H and O–H groups in total. The molecule has 2 atom stereocenters. The van der Waals surface area contributed by atoms with Crippen molar-refractivity contribution in [2.75, 3.05) is 0 Å². The van der Waals surface area contributed by atoms with Gasteiger partial charge in [-0.2, -0.15) is 0 Å². The Morgan fingerprint density at radius 1 is 1.25 bits per heavy atom. The molecule has 0 saturated heterocycles. The van der Waals surface area contributed by atoms with Crippen molar-refractivity contribution in [3.8, 4) is 0 Å². The van der Waals surface area contributed by atoms with Gasteiger partial charge in [0.2, 0.25) is 5.91 Å². The summed E-state index contributed by atoms with van der Waals surface area (Å²) in [5.41, 5.74) is 7.48. The molecular formula is C15H20N2O3. The van der Waals surface area contributed by atoms with Crippen LogP contribution in [0, 0.1) is 5.92 Å². The van der Waals surface area contributed by atoms with E-state index in [1.807, 2.05) is 12.1 Å². The van der Waals surface area contributed by atoms with Crippen LogP contribution in [0.3, 0.4) is 0 Å². The van der Waals surface area contributed by atoms with Crippen molar-refractivity contribution in [1.29, 1.82) is 0 Å². The number of nitrogens with one attached hydrogen (secondary N) is 1. The lowest BCUT2D eigenvalue weighted by Gasteiger charge is -2.16. The minimum absolute atomic E-state index is 0.0277. The van der Waals surface area contributed by atoms with E-state index in [-0.39, 0.29) is 24.3 Å². The highest BCUT2D eigenvalue weighted by atomic mass is 16.4. The zero-order valence-corrected chi connectivity index (χ0v) is 11.3. The molecule has 1 aromatic carbocycles. The second-order valence-electron chi connectivity index (χ2n) is 5.26. The first-order chi connectivity index (χ1) is 9.58. The Kier molecular flexibility index (Phi) is 4.74. The summed E-state index contributed by atoms with van der Waals surface area (Å²) in [6.45, 7) is 0.353. The van der Waals surface area contributed by atoms with E-state index in [0.717, 1.165) is 30.4 Å². The second-order valence-corrected chi connectivity index (χ2v) is 5.26. The fourth-order valence-electron chi connectivity index (χ4n) is 2.69. The van der Waals surface area contributed by atoms with Gasteiger partial charge in [-0.3, -0.25) is 9.59 Å². The van der Waals surface area contributed by atoms with Crippen molar-refractivity contribution in [3.05, 3.63) is 35.4 Å². The number of benzene rings is 1. The molecule has 1 aliphatic carbocycles. The van der Waals surface area contributed by atoms with Crippen LogP contribution in [-0.2, 0) is 22.6 Å². The van der Waals surface area contributed by atoms with Crippen molar-refractivity contribution in [2.24, 2.45) is 11.7 Å². The normalized spacial score (nSPS) is 21.6. The lowest BCUT2D eigenvalue weighted by molar-refractivity contribution is -0.136. The molecule has 5 heteroatoms. The highest BCUT2D eigenvalue weighted by Gasteiger charge is 2.29. The van der Waals surface area contributed by atoms with E-state index in [1.54, 1.807) is 12.1 Å². The molecule has 0 aliphatic heterocycles. The first-order valence-corrected chi connectivity index (χ1v) is 6.90. The minimum atomic E-state index is -0.874. The predicted molar refractivity (Wildman–Crippen MR) is 74.9 cm³/mol. The third-order valence-electron chi connectivity index (χ3n) is 3.82. The van der Waals surface area contributed by atoms with Gasteiger partial charge in [0.1, 0.15) is 0 Å². The van der Waals surface area contributed by atoms with Crippen LogP contribution in [0.15, 0.2) is 24.3 Å². The van der Waals surface area contributed by atoms with Gasteiger partial charge in [0.15, 0.2) is 0 Å². The Morgan fingerprint density at radius 3 is 2.55 bits per heavy atom. The molecule has 1 saturated carbocycles. The van der Waals surface area contributed by atoms with Gasteiger partial charge in [0, 0.05) is 12.6 Å². The molecule has 1 fully saturated rings. The molecule has 1 aromatic rings. The number of carbonyl (C=O) groups is 2. The monoisotopic (exact) mass is 276 g/mol.